The highest BCUT2D eigenvalue weighted by atomic mass is 35.5. The van der Waals surface area contributed by atoms with Gasteiger partial charge in [0.1, 0.15) is 6.20 Å². The van der Waals surface area contributed by atoms with Crippen LogP contribution < -0.4 is 0 Å². The Labute approximate surface area is 51.0 Å². The monoisotopic (exact) mass is 129 g/mol. The van der Waals surface area contributed by atoms with Gasteiger partial charge in [-0.3, -0.25) is 0 Å². The van der Waals surface area contributed by atoms with Crippen molar-refractivity contribution in [2.45, 2.75) is 0 Å². The van der Waals surface area contributed by atoms with E-state index >= 15 is 0 Å². The second kappa shape index (κ2) is 1.96. The molecule has 0 aliphatic heterocycles. The molecule has 0 saturated heterocycles. The number of halogens is 1. The lowest BCUT2D eigenvalue weighted by Crippen LogP contribution is -1.77. The van der Waals surface area contributed by atoms with Gasteiger partial charge in [0, 0.05) is 0 Å². The van der Waals surface area contributed by atoms with Crippen LogP contribution in [0.4, 0.5) is 0 Å². The average molecular weight is 130 g/mol. The summed E-state index contributed by atoms with van der Waals surface area (Å²) in [6.07, 6.45) is 3.39. The minimum atomic E-state index is -0.102. The van der Waals surface area contributed by atoms with Crippen LogP contribution in [0.15, 0.2) is 6.20 Å². The van der Waals surface area contributed by atoms with Gasteiger partial charge in [0.25, 0.3) is 0 Å². The molecule has 0 aliphatic carbocycles. The van der Waals surface area contributed by atoms with Crippen molar-refractivity contribution in [2.24, 2.45) is 0 Å². The van der Waals surface area contributed by atoms with E-state index in [2.05, 4.69) is 16.2 Å². The first-order valence-electron chi connectivity index (χ1n) is 1.88. The quantitative estimate of drug-likeness (QED) is 0.523. The highest BCUT2D eigenvalue weighted by Gasteiger charge is 1.88. The molecule has 0 aromatic carbocycles. The third-order valence-corrected chi connectivity index (χ3v) is 0.738. The van der Waals surface area contributed by atoms with Gasteiger partial charge in [0.05, 0.1) is 6.20 Å². The van der Waals surface area contributed by atoms with Crippen molar-refractivity contribution in [2.75, 3.05) is 0 Å². The van der Waals surface area contributed by atoms with Gasteiger partial charge in [-0.15, -0.1) is 0 Å². The molecule has 3 nitrogen and oxygen atoms in total. The van der Waals surface area contributed by atoms with E-state index in [4.69, 9.17) is 16.7 Å². The number of rotatable bonds is 0. The zero-order chi connectivity index (χ0) is 5.98. The summed E-state index contributed by atoms with van der Waals surface area (Å²) >= 11 is 5.25. The summed E-state index contributed by atoms with van der Waals surface area (Å²) in [6.45, 7) is 0. The lowest BCUT2D eigenvalue weighted by atomic mass is 10.6. The van der Waals surface area contributed by atoms with Crippen molar-refractivity contribution in [1.82, 2.24) is 9.97 Å². The highest BCUT2D eigenvalue weighted by Crippen LogP contribution is 2.03. The molecule has 1 radical (unpaired) electrons. The van der Waals surface area contributed by atoms with Crippen LogP contribution in [0.5, 0.6) is 5.75 Å². The fourth-order valence-electron chi connectivity index (χ4n) is 0.276. The topological polar surface area (TPSA) is 46.0 Å². The molecule has 41 valence electrons. The third kappa shape index (κ3) is 1.07. The maximum atomic E-state index is 8.52. The fourth-order valence-corrected chi connectivity index (χ4v) is 0.367. The van der Waals surface area contributed by atoms with Crippen LogP contribution >= 0.6 is 11.6 Å². The maximum absolute atomic E-state index is 8.52. The summed E-state index contributed by atoms with van der Waals surface area (Å²) in [4.78, 5) is 6.81. The van der Waals surface area contributed by atoms with E-state index in [9.17, 15) is 0 Å². The molecule has 1 aromatic rings. The molecule has 1 rings (SSSR count). The van der Waals surface area contributed by atoms with Gasteiger partial charge in [-0.25, -0.2) is 9.97 Å². The second-order valence-corrected chi connectivity index (χ2v) is 1.47. The Morgan fingerprint density at radius 2 is 2.50 bits per heavy atom. The number of aromatic nitrogens is 2. The summed E-state index contributed by atoms with van der Waals surface area (Å²) in [5.41, 5.74) is 0. The fraction of sp³-hybridized carbons (Fsp3) is 0. The molecular formula is C4H2ClN2O. The van der Waals surface area contributed by atoms with Crippen molar-refractivity contribution >= 4 is 11.6 Å². The Morgan fingerprint density at radius 1 is 1.75 bits per heavy atom. The van der Waals surface area contributed by atoms with E-state index in [1.54, 1.807) is 0 Å². The predicted molar refractivity (Wildman–Crippen MR) is 27.5 cm³/mol. The molecule has 0 aliphatic rings. The van der Waals surface area contributed by atoms with Crippen LogP contribution in [0.2, 0.25) is 5.28 Å². The summed E-state index contributed by atoms with van der Waals surface area (Å²) in [5, 5.41) is 8.60. The highest BCUT2D eigenvalue weighted by molar-refractivity contribution is 6.28. The second-order valence-electron chi connectivity index (χ2n) is 1.14. The molecule has 0 saturated carbocycles. The van der Waals surface area contributed by atoms with Crippen molar-refractivity contribution < 1.29 is 5.11 Å². The average Bonchev–Trinajstić information content (AvgIpc) is 1.77. The van der Waals surface area contributed by atoms with Crippen molar-refractivity contribution in [1.29, 1.82) is 0 Å². The van der Waals surface area contributed by atoms with E-state index in [1.807, 2.05) is 0 Å². The lowest BCUT2D eigenvalue weighted by molar-refractivity contribution is 0.468. The smallest absolute Gasteiger partial charge is 0.223 e. The Bertz CT molecular complexity index is 153. The van der Waals surface area contributed by atoms with Gasteiger partial charge >= 0.3 is 0 Å². The molecular weight excluding hydrogens is 128 g/mol. The molecule has 0 unspecified atom stereocenters. The molecule has 1 aromatic heterocycles. The first kappa shape index (κ1) is 5.31. The number of aromatic hydroxyl groups is 1. The normalized spacial score (nSPS) is 9.12. The molecule has 4 heteroatoms. The van der Waals surface area contributed by atoms with Crippen LogP contribution in [0.3, 0.4) is 0 Å². The van der Waals surface area contributed by atoms with E-state index in [1.165, 1.54) is 6.20 Å². The van der Waals surface area contributed by atoms with E-state index in [0.717, 1.165) is 0 Å². The Hall–Kier alpha value is -0.830. The van der Waals surface area contributed by atoms with Crippen molar-refractivity contribution in [3.63, 3.8) is 0 Å². The molecule has 0 bridgehead atoms. The summed E-state index contributed by atoms with van der Waals surface area (Å²) < 4.78 is 0. The van der Waals surface area contributed by atoms with Gasteiger partial charge in [0.2, 0.25) is 5.28 Å². The summed E-state index contributed by atoms with van der Waals surface area (Å²) in [7, 11) is 0. The van der Waals surface area contributed by atoms with Crippen LogP contribution in [0, 0.1) is 6.20 Å². The van der Waals surface area contributed by atoms with E-state index in [0.29, 0.717) is 0 Å². The van der Waals surface area contributed by atoms with Gasteiger partial charge in [-0.1, -0.05) is 0 Å². The molecule has 8 heavy (non-hydrogen) atoms. The summed E-state index contributed by atoms with van der Waals surface area (Å²) in [5.74, 6) is -0.102. The zero-order valence-electron chi connectivity index (χ0n) is 3.80. The number of nitrogens with zero attached hydrogens (tertiary/aromatic N) is 2. The number of hydrogen-bond donors (Lipinski definition) is 1. The Kier molecular flexibility index (Phi) is 1.30. The van der Waals surface area contributed by atoms with Crippen molar-refractivity contribution in [3.05, 3.63) is 17.7 Å². The maximum Gasteiger partial charge on any atom is 0.223 e. The molecule has 0 amide bonds. The van der Waals surface area contributed by atoms with Crippen molar-refractivity contribution in [3.8, 4) is 5.75 Å². The van der Waals surface area contributed by atoms with Gasteiger partial charge in [-0.05, 0) is 11.6 Å². The first-order valence-corrected chi connectivity index (χ1v) is 2.26. The van der Waals surface area contributed by atoms with E-state index < -0.39 is 0 Å². The predicted octanol–water partition coefficient (Wildman–Crippen LogP) is 0.636. The van der Waals surface area contributed by atoms with Crippen LogP contribution in [0.25, 0.3) is 0 Å². The third-order valence-electron chi connectivity index (χ3n) is 0.556. The molecule has 1 N–H and O–H groups in total. The molecule has 0 atom stereocenters. The van der Waals surface area contributed by atoms with Crippen LogP contribution in [0.1, 0.15) is 0 Å². The van der Waals surface area contributed by atoms with Gasteiger partial charge < -0.3 is 5.11 Å². The Balaban J connectivity index is 3.03. The standard InChI is InChI=1S/C4H2ClN2O/c5-4-6-1-3(8)2-7-4/h1,8H. The van der Waals surface area contributed by atoms with Gasteiger partial charge in [-0.2, -0.15) is 0 Å². The SMILES string of the molecule is Oc1[c]nc(Cl)nc1. The Morgan fingerprint density at radius 3 is 2.88 bits per heavy atom. The largest absolute Gasteiger partial charge is 0.504 e. The minimum Gasteiger partial charge on any atom is -0.504 e. The van der Waals surface area contributed by atoms with Crippen LogP contribution in [-0.2, 0) is 0 Å². The number of hydrogen-bond acceptors (Lipinski definition) is 3. The molecule has 1 heterocycles. The van der Waals surface area contributed by atoms with Gasteiger partial charge in [0.15, 0.2) is 5.75 Å². The molecule has 0 spiro atoms. The van der Waals surface area contributed by atoms with Crippen LogP contribution in [-0.4, -0.2) is 15.1 Å². The molecule has 0 fully saturated rings. The van der Waals surface area contributed by atoms with E-state index in [-0.39, 0.29) is 11.0 Å². The summed E-state index contributed by atoms with van der Waals surface area (Å²) in [6, 6.07) is 0. The lowest BCUT2D eigenvalue weighted by Gasteiger charge is -1.84. The minimum absolute atomic E-state index is 0.0859. The first-order chi connectivity index (χ1) is 3.79. The zero-order valence-corrected chi connectivity index (χ0v) is 4.55.